The van der Waals surface area contributed by atoms with Gasteiger partial charge in [-0.05, 0) is 24.1 Å². The third-order valence-electron chi connectivity index (χ3n) is 5.99. The number of hydrogen-bond acceptors (Lipinski definition) is 4. The number of anilines is 1. The van der Waals surface area contributed by atoms with Crippen LogP contribution >= 0.6 is 0 Å². The van der Waals surface area contributed by atoms with E-state index in [2.05, 4.69) is 15.3 Å². The lowest BCUT2D eigenvalue weighted by atomic mass is 9.74. The molecule has 8 nitrogen and oxygen atoms in total. The molecule has 0 aliphatic carbocycles. The van der Waals surface area contributed by atoms with Crippen molar-refractivity contribution in [3.8, 4) is 6.07 Å². The van der Waals surface area contributed by atoms with Crippen molar-refractivity contribution in [2.75, 3.05) is 11.9 Å². The van der Waals surface area contributed by atoms with Gasteiger partial charge >= 0.3 is 0 Å². The van der Waals surface area contributed by atoms with E-state index >= 15 is 0 Å². The van der Waals surface area contributed by atoms with Gasteiger partial charge in [0.05, 0.1) is 5.56 Å². The van der Waals surface area contributed by atoms with Gasteiger partial charge in [-0.25, -0.2) is 4.98 Å². The van der Waals surface area contributed by atoms with Crippen LogP contribution in [0.25, 0.3) is 0 Å². The first-order valence-electron chi connectivity index (χ1n) is 9.34. The number of carbonyl (C=O) groups excluding carboxylic acids is 2. The number of para-hydroxylation sites is 1. The quantitative estimate of drug-likeness (QED) is 0.703. The van der Waals surface area contributed by atoms with Crippen molar-refractivity contribution in [1.82, 2.24) is 19.4 Å². The molecule has 144 valence electrons. The summed E-state index contributed by atoms with van der Waals surface area (Å²) < 4.78 is 1.85. The lowest BCUT2D eigenvalue weighted by Crippen LogP contribution is -2.43. The Hall–Kier alpha value is -3.86. The number of nitriles is 1. The van der Waals surface area contributed by atoms with Gasteiger partial charge in [0.1, 0.15) is 29.0 Å². The molecule has 0 radical (unpaired) electrons. The van der Waals surface area contributed by atoms with Gasteiger partial charge in [-0.1, -0.05) is 18.2 Å². The summed E-state index contributed by atoms with van der Waals surface area (Å²) in [6.45, 7) is 0.402. The van der Waals surface area contributed by atoms with Gasteiger partial charge < -0.3 is 19.8 Å². The van der Waals surface area contributed by atoms with E-state index in [4.69, 9.17) is 5.26 Å². The van der Waals surface area contributed by atoms with Gasteiger partial charge in [-0.2, -0.15) is 5.26 Å². The highest BCUT2D eigenvalue weighted by Gasteiger charge is 2.60. The number of rotatable bonds is 2. The molecule has 2 atom stereocenters. The van der Waals surface area contributed by atoms with Crippen LogP contribution < -0.4 is 5.32 Å². The van der Waals surface area contributed by atoms with Gasteiger partial charge in [0.25, 0.3) is 5.91 Å². The number of benzene rings is 1. The number of amides is 2. The van der Waals surface area contributed by atoms with Gasteiger partial charge in [0.2, 0.25) is 5.91 Å². The predicted molar refractivity (Wildman–Crippen MR) is 104 cm³/mol. The highest BCUT2D eigenvalue weighted by Crippen LogP contribution is 2.54. The van der Waals surface area contributed by atoms with Gasteiger partial charge in [0, 0.05) is 37.9 Å². The summed E-state index contributed by atoms with van der Waals surface area (Å²) in [6.07, 6.45) is 5.48. The fourth-order valence-electron chi connectivity index (χ4n) is 4.64. The average Bonchev–Trinajstić information content (AvgIpc) is 3.49. The number of carbonyl (C=O) groups is 2. The molecule has 1 spiro atoms. The number of nitrogens with one attached hydrogen (secondary N) is 2. The van der Waals surface area contributed by atoms with Crippen LogP contribution in [0.4, 0.5) is 5.69 Å². The number of aryl methyl sites for hydroxylation is 1. The monoisotopic (exact) mass is 386 g/mol. The van der Waals surface area contributed by atoms with Crippen molar-refractivity contribution in [1.29, 1.82) is 5.26 Å². The Labute approximate surface area is 166 Å². The first kappa shape index (κ1) is 17.3. The molecule has 0 saturated carbocycles. The molecule has 2 aromatic heterocycles. The lowest BCUT2D eigenvalue weighted by molar-refractivity contribution is -0.121. The van der Waals surface area contributed by atoms with Crippen LogP contribution in [0.3, 0.4) is 0 Å². The number of fused-ring (bicyclic) bond motifs is 2. The molecule has 2 aliphatic heterocycles. The first-order valence-corrected chi connectivity index (χ1v) is 9.34. The number of aromatic amines is 1. The van der Waals surface area contributed by atoms with Crippen LogP contribution in [0.1, 0.15) is 39.9 Å². The molecule has 5 rings (SSSR count). The minimum Gasteiger partial charge on any atom is -0.356 e. The van der Waals surface area contributed by atoms with Crippen molar-refractivity contribution in [2.24, 2.45) is 7.05 Å². The first-order chi connectivity index (χ1) is 14.1. The largest absolute Gasteiger partial charge is 0.356 e. The standard InChI is InChI=1S/C21H18N6O2/c1-26-9-7-23-18(26)17-21(14-4-2-3-5-15(14)25-20(21)29)6-8-27(17)19(28)16-10-13(11-22)12-24-16/h2-5,7,9-10,12,17,24H,6,8H2,1H3,(H,25,29)/t17-,21+/m0/s1. The summed E-state index contributed by atoms with van der Waals surface area (Å²) in [5.74, 6) is 0.273. The second kappa shape index (κ2) is 6.07. The molecule has 0 bridgehead atoms. The molecule has 2 amide bonds. The Balaban J connectivity index is 1.67. The van der Waals surface area contributed by atoms with E-state index in [0.29, 0.717) is 30.0 Å². The minimum absolute atomic E-state index is 0.119. The maximum absolute atomic E-state index is 13.4. The molecule has 3 aromatic rings. The summed E-state index contributed by atoms with van der Waals surface area (Å²) in [5, 5.41) is 12.1. The molecule has 8 heteroatoms. The highest BCUT2D eigenvalue weighted by molar-refractivity contribution is 6.08. The van der Waals surface area contributed by atoms with E-state index in [1.54, 1.807) is 11.1 Å². The smallest absolute Gasteiger partial charge is 0.270 e. The normalized spacial score (nSPS) is 22.6. The van der Waals surface area contributed by atoms with Crippen molar-refractivity contribution in [2.45, 2.75) is 17.9 Å². The van der Waals surface area contributed by atoms with Gasteiger partial charge in [-0.15, -0.1) is 0 Å². The van der Waals surface area contributed by atoms with E-state index in [0.717, 1.165) is 11.3 Å². The Kier molecular flexibility index (Phi) is 3.61. The molecule has 2 aliphatic rings. The van der Waals surface area contributed by atoms with E-state index in [-0.39, 0.29) is 11.8 Å². The third-order valence-corrected chi connectivity index (χ3v) is 5.99. The topological polar surface area (TPSA) is 107 Å². The number of aromatic nitrogens is 3. The molecule has 2 N–H and O–H groups in total. The molecule has 1 fully saturated rings. The molecule has 29 heavy (non-hydrogen) atoms. The second-order valence-corrected chi connectivity index (χ2v) is 7.43. The molecule has 4 heterocycles. The number of imidazole rings is 1. The lowest BCUT2D eigenvalue weighted by Gasteiger charge is -2.33. The van der Waals surface area contributed by atoms with Crippen LogP contribution in [-0.2, 0) is 17.3 Å². The number of likely N-dealkylation sites (tertiary alicyclic amines) is 1. The SMILES string of the molecule is Cn1ccnc1[C@@H]1N(C(=O)c2cc(C#N)c[nH]2)CC[C@]12C(=O)Nc1ccccc12. The number of nitrogens with zero attached hydrogens (tertiary/aromatic N) is 4. The molecule has 0 unspecified atom stereocenters. The zero-order chi connectivity index (χ0) is 20.2. The molecule has 1 saturated heterocycles. The Morgan fingerprint density at radius 2 is 2.21 bits per heavy atom. The Bertz CT molecular complexity index is 1190. The van der Waals surface area contributed by atoms with Gasteiger partial charge in [-0.3, -0.25) is 9.59 Å². The van der Waals surface area contributed by atoms with E-state index in [9.17, 15) is 9.59 Å². The summed E-state index contributed by atoms with van der Waals surface area (Å²) in [6, 6.07) is 10.6. The summed E-state index contributed by atoms with van der Waals surface area (Å²) >= 11 is 0. The predicted octanol–water partition coefficient (Wildman–Crippen LogP) is 2.10. The fourth-order valence-corrected chi connectivity index (χ4v) is 4.64. The minimum atomic E-state index is -0.907. The zero-order valence-corrected chi connectivity index (χ0v) is 15.7. The van der Waals surface area contributed by atoms with Crippen LogP contribution in [0.2, 0.25) is 0 Å². The highest BCUT2D eigenvalue weighted by atomic mass is 16.2. The average molecular weight is 386 g/mol. The summed E-state index contributed by atoms with van der Waals surface area (Å²) in [7, 11) is 1.86. The van der Waals surface area contributed by atoms with Crippen molar-refractivity contribution >= 4 is 17.5 Å². The fraction of sp³-hybridized carbons (Fsp3) is 0.238. The van der Waals surface area contributed by atoms with Crippen LogP contribution in [0.5, 0.6) is 0 Å². The third kappa shape index (κ3) is 2.27. The molecular formula is C21H18N6O2. The van der Waals surface area contributed by atoms with Crippen molar-refractivity contribution < 1.29 is 9.59 Å². The second-order valence-electron chi connectivity index (χ2n) is 7.43. The van der Waals surface area contributed by atoms with E-state index in [1.165, 1.54) is 12.3 Å². The zero-order valence-electron chi connectivity index (χ0n) is 15.7. The molecule has 1 aromatic carbocycles. The number of hydrogen-bond donors (Lipinski definition) is 2. The van der Waals surface area contributed by atoms with Crippen LogP contribution in [-0.4, -0.2) is 37.8 Å². The number of H-pyrrole nitrogens is 1. The molecular weight excluding hydrogens is 368 g/mol. The Morgan fingerprint density at radius 1 is 1.38 bits per heavy atom. The maximum atomic E-state index is 13.4. The van der Waals surface area contributed by atoms with Crippen LogP contribution in [0, 0.1) is 11.3 Å². The van der Waals surface area contributed by atoms with Gasteiger partial charge in [0.15, 0.2) is 0 Å². The summed E-state index contributed by atoms with van der Waals surface area (Å²) in [5.41, 5.74) is 1.47. The Morgan fingerprint density at radius 3 is 2.93 bits per heavy atom. The van der Waals surface area contributed by atoms with Crippen LogP contribution in [0.15, 0.2) is 48.9 Å². The van der Waals surface area contributed by atoms with Crippen molar-refractivity contribution in [3.05, 3.63) is 71.6 Å². The summed E-state index contributed by atoms with van der Waals surface area (Å²) in [4.78, 5) is 35.7. The van der Waals surface area contributed by atoms with E-state index in [1.807, 2.05) is 48.1 Å². The van der Waals surface area contributed by atoms with E-state index < -0.39 is 11.5 Å². The van der Waals surface area contributed by atoms with Crippen molar-refractivity contribution in [3.63, 3.8) is 0 Å². The maximum Gasteiger partial charge on any atom is 0.270 e.